The van der Waals surface area contributed by atoms with Gasteiger partial charge in [-0.05, 0) is 62.6 Å². The Labute approximate surface area is 175 Å². The first-order valence-electron chi connectivity index (χ1n) is 10.7. The normalized spacial score (nSPS) is 23.2. The van der Waals surface area contributed by atoms with Crippen LogP contribution in [0, 0.1) is 0 Å². The number of nitrogens with zero attached hydrogens (tertiary/aromatic N) is 2. The molecule has 6 heteroatoms. The zero-order valence-corrected chi connectivity index (χ0v) is 17.4. The van der Waals surface area contributed by atoms with Crippen molar-refractivity contribution >= 4 is 26.7 Å². The van der Waals surface area contributed by atoms with Gasteiger partial charge in [0.15, 0.2) is 5.13 Å². The van der Waals surface area contributed by atoms with Crippen molar-refractivity contribution in [2.24, 2.45) is 0 Å². The molecule has 152 valence electrons. The van der Waals surface area contributed by atoms with Crippen molar-refractivity contribution in [3.05, 3.63) is 48.2 Å². The third kappa shape index (κ3) is 4.38. The molecule has 0 bridgehead atoms. The quantitative estimate of drug-likeness (QED) is 0.612. The average molecular weight is 410 g/mol. The minimum absolute atomic E-state index is 0.247. The van der Waals surface area contributed by atoms with E-state index in [1.165, 1.54) is 10.3 Å². The molecule has 1 saturated carbocycles. The van der Waals surface area contributed by atoms with Crippen LogP contribution in [0.15, 0.2) is 42.6 Å². The topological polar surface area (TPSA) is 56.3 Å². The molecule has 1 saturated heterocycles. The van der Waals surface area contributed by atoms with Gasteiger partial charge in [-0.15, -0.1) is 0 Å². The number of anilines is 1. The Bertz CT molecular complexity index is 913. The lowest BCUT2D eigenvalue weighted by atomic mass is 9.91. The minimum Gasteiger partial charge on any atom is -0.474 e. The van der Waals surface area contributed by atoms with Crippen LogP contribution in [0.5, 0.6) is 5.88 Å². The summed E-state index contributed by atoms with van der Waals surface area (Å²) in [5, 5.41) is 4.67. The molecule has 2 aliphatic rings. The van der Waals surface area contributed by atoms with Crippen LogP contribution in [0.25, 0.3) is 10.2 Å². The lowest BCUT2D eigenvalue weighted by molar-refractivity contribution is 0.0829. The van der Waals surface area contributed by atoms with Crippen LogP contribution >= 0.6 is 11.3 Å². The lowest BCUT2D eigenvalue weighted by Gasteiger charge is -2.30. The van der Waals surface area contributed by atoms with Gasteiger partial charge < -0.3 is 14.8 Å². The van der Waals surface area contributed by atoms with Crippen LogP contribution < -0.4 is 10.1 Å². The predicted molar refractivity (Wildman–Crippen MR) is 117 cm³/mol. The maximum atomic E-state index is 6.39. The number of rotatable bonds is 5. The Morgan fingerprint density at radius 2 is 1.79 bits per heavy atom. The first-order chi connectivity index (χ1) is 14.3. The van der Waals surface area contributed by atoms with E-state index in [4.69, 9.17) is 14.5 Å². The van der Waals surface area contributed by atoms with Gasteiger partial charge in [0.25, 0.3) is 0 Å². The fourth-order valence-electron chi connectivity index (χ4n) is 4.41. The van der Waals surface area contributed by atoms with Crippen molar-refractivity contribution in [3.8, 4) is 5.88 Å². The predicted octanol–water partition coefficient (Wildman–Crippen LogP) is 5.39. The number of ether oxygens (including phenoxy) is 2. The molecule has 1 aliphatic carbocycles. The number of para-hydroxylation sites is 1. The molecule has 0 radical (unpaired) electrons. The summed E-state index contributed by atoms with van der Waals surface area (Å²) < 4.78 is 13.2. The summed E-state index contributed by atoms with van der Waals surface area (Å²) in [6.45, 7) is 1.67. The zero-order chi connectivity index (χ0) is 19.5. The highest BCUT2D eigenvalue weighted by atomic mass is 32.1. The summed E-state index contributed by atoms with van der Waals surface area (Å²) in [5.41, 5.74) is 2.33. The molecular formula is C23H27N3O2S. The third-order valence-corrected chi connectivity index (χ3v) is 7.00. The molecule has 0 spiro atoms. The van der Waals surface area contributed by atoms with E-state index in [0.29, 0.717) is 12.0 Å². The molecule has 2 aromatic heterocycles. The van der Waals surface area contributed by atoms with E-state index in [-0.39, 0.29) is 6.10 Å². The minimum atomic E-state index is 0.247. The number of fused-ring (bicyclic) bond motifs is 1. The van der Waals surface area contributed by atoms with E-state index >= 15 is 0 Å². The Balaban J connectivity index is 1.18. The number of thiazole rings is 1. The smallest absolute Gasteiger partial charge is 0.217 e. The molecular weight excluding hydrogens is 382 g/mol. The van der Waals surface area contributed by atoms with Gasteiger partial charge >= 0.3 is 0 Å². The molecule has 0 atom stereocenters. The summed E-state index contributed by atoms with van der Waals surface area (Å²) in [6.07, 6.45) is 8.50. The molecule has 5 nitrogen and oxygen atoms in total. The zero-order valence-electron chi connectivity index (χ0n) is 16.5. The van der Waals surface area contributed by atoms with Crippen molar-refractivity contribution < 1.29 is 9.47 Å². The monoisotopic (exact) mass is 409 g/mol. The second-order valence-electron chi connectivity index (χ2n) is 8.01. The molecule has 5 rings (SSSR count). The molecule has 3 heterocycles. The van der Waals surface area contributed by atoms with E-state index in [9.17, 15) is 0 Å². The van der Waals surface area contributed by atoms with Crippen LogP contribution in [0.3, 0.4) is 0 Å². The highest BCUT2D eigenvalue weighted by Crippen LogP contribution is 2.34. The second-order valence-corrected chi connectivity index (χ2v) is 9.04. The second kappa shape index (κ2) is 8.67. The van der Waals surface area contributed by atoms with Gasteiger partial charge in [0, 0.05) is 31.0 Å². The maximum absolute atomic E-state index is 6.39. The Kier molecular flexibility index (Phi) is 5.63. The fraction of sp³-hybridized carbons (Fsp3) is 0.478. The van der Waals surface area contributed by atoms with Crippen LogP contribution in [0.4, 0.5) is 5.13 Å². The summed E-state index contributed by atoms with van der Waals surface area (Å²) in [6, 6.07) is 13.0. The van der Waals surface area contributed by atoms with Gasteiger partial charge in [0.05, 0.1) is 10.2 Å². The highest BCUT2D eigenvalue weighted by molar-refractivity contribution is 7.22. The number of pyridine rings is 1. The molecule has 29 heavy (non-hydrogen) atoms. The van der Waals surface area contributed by atoms with E-state index in [2.05, 4.69) is 34.6 Å². The molecule has 0 amide bonds. The number of hydrogen-bond acceptors (Lipinski definition) is 6. The molecule has 1 aromatic carbocycles. The van der Waals surface area contributed by atoms with Crippen LogP contribution in [-0.4, -0.2) is 35.3 Å². The third-order valence-electron chi connectivity index (χ3n) is 6.04. The maximum Gasteiger partial charge on any atom is 0.217 e. The van der Waals surface area contributed by atoms with Crippen LogP contribution in [-0.2, 0) is 4.74 Å². The van der Waals surface area contributed by atoms with Crippen molar-refractivity contribution in [2.75, 3.05) is 18.5 Å². The molecule has 3 aromatic rings. The van der Waals surface area contributed by atoms with Crippen molar-refractivity contribution in [3.63, 3.8) is 0 Å². The first kappa shape index (κ1) is 18.8. The summed E-state index contributed by atoms with van der Waals surface area (Å²) in [4.78, 5) is 9.28. The average Bonchev–Trinajstić information content (AvgIpc) is 3.18. The van der Waals surface area contributed by atoms with E-state index in [0.717, 1.165) is 68.3 Å². The van der Waals surface area contributed by atoms with Crippen molar-refractivity contribution in [2.45, 2.75) is 56.6 Å². The molecule has 1 N–H and O–H groups in total. The van der Waals surface area contributed by atoms with E-state index in [1.807, 2.05) is 18.3 Å². The van der Waals surface area contributed by atoms with Crippen molar-refractivity contribution in [1.29, 1.82) is 0 Å². The summed E-state index contributed by atoms with van der Waals surface area (Å²) in [7, 11) is 0. The van der Waals surface area contributed by atoms with Gasteiger partial charge in [-0.3, -0.25) is 0 Å². The molecule has 2 fully saturated rings. The number of benzene rings is 1. The standard InChI is InChI=1S/C23H27N3O2S/c1-2-6-21-20(5-1)26-23(29-21)25-17-7-9-18(10-8-17)28-22-19(4-3-13-24-22)16-11-14-27-15-12-16/h1-6,13,16-18H,7-12,14-15H2,(H,25,26)/t17-,18-. The first-order valence-corrected chi connectivity index (χ1v) is 11.5. The van der Waals surface area contributed by atoms with Gasteiger partial charge in [-0.1, -0.05) is 29.5 Å². The van der Waals surface area contributed by atoms with E-state index in [1.54, 1.807) is 11.3 Å². The van der Waals surface area contributed by atoms with Gasteiger partial charge in [-0.2, -0.15) is 0 Å². The number of aromatic nitrogens is 2. The van der Waals surface area contributed by atoms with Gasteiger partial charge in [0.2, 0.25) is 5.88 Å². The SMILES string of the molecule is c1cnc(O[C@H]2CC[C@H](Nc3nc4ccccc4s3)CC2)c(C2CCOCC2)c1. The largest absolute Gasteiger partial charge is 0.474 e. The van der Waals surface area contributed by atoms with E-state index < -0.39 is 0 Å². The number of nitrogens with one attached hydrogen (secondary N) is 1. The van der Waals surface area contributed by atoms with Crippen LogP contribution in [0.1, 0.15) is 50.0 Å². The van der Waals surface area contributed by atoms with Crippen molar-refractivity contribution in [1.82, 2.24) is 9.97 Å². The Morgan fingerprint density at radius 1 is 0.966 bits per heavy atom. The summed E-state index contributed by atoms with van der Waals surface area (Å²) in [5.74, 6) is 1.34. The summed E-state index contributed by atoms with van der Waals surface area (Å²) >= 11 is 1.74. The Morgan fingerprint density at radius 3 is 2.62 bits per heavy atom. The Hall–Kier alpha value is -2.18. The lowest BCUT2D eigenvalue weighted by Crippen LogP contribution is -2.31. The highest BCUT2D eigenvalue weighted by Gasteiger charge is 2.26. The number of hydrogen-bond donors (Lipinski definition) is 1. The molecule has 1 aliphatic heterocycles. The fourth-order valence-corrected chi connectivity index (χ4v) is 5.36. The molecule has 0 unspecified atom stereocenters. The van der Waals surface area contributed by atoms with Crippen LogP contribution in [0.2, 0.25) is 0 Å². The van der Waals surface area contributed by atoms with Gasteiger partial charge in [0.1, 0.15) is 6.10 Å². The van der Waals surface area contributed by atoms with Gasteiger partial charge in [-0.25, -0.2) is 9.97 Å².